The van der Waals surface area contributed by atoms with Crippen molar-refractivity contribution in [2.75, 3.05) is 0 Å². The third-order valence-electron chi connectivity index (χ3n) is 3.00. The van der Waals surface area contributed by atoms with Crippen LogP contribution in [0.3, 0.4) is 0 Å². The number of alkyl halides is 3. The Balaban J connectivity index is 2.37. The maximum atomic E-state index is 12.7. The number of hydrogen-bond donors (Lipinski definition) is 0. The molecule has 0 saturated carbocycles. The molecule has 0 N–H and O–H groups in total. The topological polar surface area (TPSA) is 38.9 Å². The normalized spacial score (nSPS) is 12.4. The number of hydrogen-bond acceptors (Lipinski definition) is 3. The first-order valence-corrected chi connectivity index (χ1v) is 6.24. The molecule has 0 atom stereocenters. The van der Waals surface area contributed by atoms with E-state index in [1.807, 2.05) is 13.0 Å². The van der Waals surface area contributed by atoms with Gasteiger partial charge in [0.25, 0.3) is 0 Å². The van der Waals surface area contributed by atoms with Gasteiger partial charge in [0.15, 0.2) is 10.7 Å². The van der Waals surface area contributed by atoms with Crippen LogP contribution in [0.5, 0.6) is 0 Å². The van der Waals surface area contributed by atoms with E-state index in [4.69, 9.17) is 16.0 Å². The minimum absolute atomic E-state index is 0.0721. The average Bonchev–Trinajstić information content (AvgIpc) is 2.76. The van der Waals surface area contributed by atoms with Gasteiger partial charge >= 0.3 is 6.18 Å². The van der Waals surface area contributed by atoms with Crippen molar-refractivity contribution >= 4 is 33.7 Å². The average molecular weight is 301 g/mol. The first-order valence-electron chi connectivity index (χ1n) is 5.86. The molecule has 2 heterocycles. The van der Waals surface area contributed by atoms with Gasteiger partial charge < -0.3 is 4.42 Å². The van der Waals surface area contributed by atoms with Crippen LogP contribution in [0.4, 0.5) is 13.2 Å². The van der Waals surface area contributed by atoms with E-state index in [1.54, 1.807) is 12.1 Å². The molecule has 0 aliphatic heterocycles. The quantitative estimate of drug-likeness (QED) is 0.616. The van der Waals surface area contributed by atoms with E-state index in [-0.39, 0.29) is 16.3 Å². The van der Waals surface area contributed by atoms with Crippen LogP contribution in [-0.2, 0) is 12.6 Å². The van der Waals surface area contributed by atoms with Gasteiger partial charge in [-0.1, -0.05) is 24.6 Å². The Morgan fingerprint density at radius 1 is 1.25 bits per heavy atom. The summed E-state index contributed by atoms with van der Waals surface area (Å²) in [6.45, 7) is 1.97. The van der Waals surface area contributed by atoms with Gasteiger partial charge in [0.2, 0.25) is 5.82 Å². The number of fused-ring (bicyclic) bond motifs is 3. The maximum Gasteiger partial charge on any atom is 0.451 e. The number of aromatic nitrogens is 2. The maximum absolute atomic E-state index is 12.7. The number of rotatable bonds is 1. The zero-order chi connectivity index (χ0) is 14.5. The number of aryl methyl sites for hydroxylation is 1. The Kier molecular flexibility index (Phi) is 2.86. The largest absolute Gasteiger partial charge is 0.451 e. The second-order valence-corrected chi connectivity index (χ2v) is 4.66. The summed E-state index contributed by atoms with van der Waals surface area (Å²) < 4.78 is 43.6. The van der Waals surface area contributed by atoms with Gasteiger partial charge in [-0.05, 0) is 24.1 Å². The van der Waals surface area contributed by atoms with Crippen molar-refractivity contribution in [2.45, 2.75) is 19.5 Å². The molecule has 20 heavy (non-hydrogen) atoms. The van der Waals surface area contributed by atoms with Crippen LogP contribution in [0.1, 0.15) is 18.3 Å². The predicted molar refractivity (Wildman–Crippen MR) is 68.7 cm³/mol. The molecule has 0 fully saturated rings. The van der Waals surface area contributed by atoms with Crippen molar-refractivity contribution < 1.29 is 17.6 Å². The Labute approximate surface area is 116 Å². The molecule has 3 rings (SSSR count). The molecule has 0 unspecified atom stereocenters. The minimum atomic E-state index is -4.65. The second-order valence-electron chi connectivity index (χ2n) is 4.30. The summed E-state index contributed by atoms with van der Waals surface area (Å²) in [6, 6.07) is 5.27. The Morgan fingerprint density at radius 3 is 2.65 bits per heavy atom. The van der Waals surface area contributed by atoms with Gasteiger partial charge in [0.1, 0.15) is 11.1 Å². The first-order chi connectivity index (χ1) is 9.40. The summed E-state index contributed by atoms with van der Waals surface area (Å²) in [5, 5.41) is 0.156. The minimum Gasteiger partial charge on any atom is -0.451 e. The van der Waals surface area contributed by atoms with Crippen LogP contribution in [0.25, 0.3) is 22.1 Å². The smallest absolute Gasteiger partial charge is 0.451 e. The molecule has 0 amide bonds. The van der Waals surface area contributed by atoms with Crippen LogP contribution in [0.15, 0.2) is 22.6 Å². The standard InChI is InChI=1S/C13H8ClF3N2O/c1-2-6-3-4-7-8(5-6)20-10-9(7)18-12(13(15,16)17)19-11(10)14/h3-5H,2H2,1H3. The summed E-state index contributed by atoms with van der Waals surface area (Å²) in [7, 11) is 0. The van der Waals surface area contributed by atoms with Crippen LogP contribution in [0.2, 0.25) is 5.15 Å². The molecule has 0 spiro atoms. The fraction of sp³-hybridized carbons (Fsp3) is 0.231. The molecule has 3 nitrogen and oxygen atoms in total. The van der Waals surface area contributed by atoms with Gasteiger partial charge in [-0.2, -0.15) is 13.2 Å². The van der Waals surface area contributed by atoms with Crippen molar-refractivity contribution in [1.29, 1.82) is 0 Å². The van der Waals surface area contributed by atoms with Gasteiger partial charge in [-0.15, -0.1) is 0 Å². The second kappa shape index (κ2) is 4.34. The molecule has 7 heteroatoms. The third-order valence-corrected chi connectivity index (χ3v) is 3.26. The summed E-state index contributed by atoms with van der Waals surface area (Å²) in [4.78, 5) is 6.78. The summed E-state index contributed by atoms with van der Waals surface area (Å²) >= 11 is 5.77. The Hall–Kier alpha value is -1.82. The van der Waals surface area contributed by atoms with E-state index in [1.165, 1.54) is 0 Å². The SMILES string of the molecule is CCc1ccc2c(c1)oc1c(Cl)nc(C(F)(F)F)nc12. The van der Waals surface area contributed by atoms with Gasteiger partial charge in [0.05, 0.1) is 0 Å². The molecule has 3 aromatic rings. The van der Waals surface area contributed by atoms with Gasteiger partial charge in [0, 0.05) is 5.39 Å². The molecule has 2 aromatic heterocycles. The lowest BCUT2D eigenvalue weighted by Crippen LogP contribution is -2.10. The molecule has 104 valence electrons. The monoisotopic (exact) mass is 300 g/mol. The molecule has 0 radical (unpaired) electrons. The van der Waals surface area contributed by atoms with Crippen molar-refractivity contribution in [2.24, 2.45) is 0 Å². The lowest BCUT2D eigenvalue weighted by molar-refractivity contribution is -0.144. The molecule has 1 aromatic carbocycles. The highest BCUT2D eigenvalue weighted by Gasteiger charge is 2.36. The van der Waals surface area contributed by atoms with Crippen molar-refractivity contribution in [1.82, 2.24) is 9.97 Å². The van der Waals surface area contributed by atoms with E-state index in [0.29, 0.717) is 11.0 Å². The van der Waals surface area contributed by atoms with E-state index in [9.17, 15) is 13.2 Å². The summed E-state index contributed by atoms with van der Waals surface area (Å²) in [5.74, 6) is -1.27. The fourth-order valence-electron chi connectivity index (χ4n) is 2.00. The van der Waals surface area contributed by atoms with E-state index in [0.717, 1.165) is 12.0 Å². The van der Waals surface area contributed by atoms with E-state index >= 15 is 0 Å². The predicted octanol–water partition coefficient (Wildman–Crippen LogP) is 4.61. The van der Waals surface area contributed by atoms with Crippen molar-refractivity contribution in [3.8, 4) is 0 Å². The highest BCUT2D eigenvalue weighted by Crippen LogP contribution is 2.35. The molecule has 0 bridgehead atoms. The first kappa shape index (κ1) is 13.2. The highest BCUT2D eigenvalue weighted by molar-refractivity contribution is 6.34. The Bertz CT molecular complexity index is 811. The molecular weight excluding hydrogens is 293 g/mol. The van der Waals surface area contributed by atoms with Gasteiger partial charge in [-0.25, -0.2) is 9.97 Å². The number of nitrogens with zero attached hydrogens (tertiary/aromatic N) is 2. The number of halogens is 4. The van der Waals surface area contributed by atoms with Crippen LogP contribution in [-0.4, -0.2) is 9.97 Å². The zero-order valence-corrected chi connectivity index (χ0v) is 11.0. The zero-order valence-electron chi connectivity index (χ0n) is 10.3. The Morgan fingerprint density at radius 2 is 2.00 bits per heavy atom. The lowest BCUT2D eigenvalue weighted by Gasteiger charge is -2.04. The third kappa shape index (κ3) is 2.00. The van der Waals surface area contributed by atoms with Crippen molar-refractivity contribution in [3.63, 3.8) is 0 Å². The van der Waals surface area contributed by atoms with Crippen molar-refractivity contribution in [3.05, 3.63) is 34.7 Å². The van der Waals surface area contributed by atoms with Crippen LogP contribution in [0, 0.1) is 0 Å². The van der Waals surface area contributed by atoms with Crippen LogP contribution < -0.4 is 0 Å². The number of furan rings is 1. The number of benzene rings is 1. The molecule has 0 aliphatic carbocycles. The lowest BCUT2D eigenvalue weighted by atomic mass is 10.1. The highest BCUT2D eigenvalue weighted by atomic mass is 35.5. The molecule has 0 saturated heterocycles. The summed E-state index contributed by atoms with van der Waals surface area (Å²) in [5.41, 5.74) is 1.62. The van der Waals surface area contributed by atoms with Gasteiger partial charge in [-0.3, -0.25) is 0 Å². The van der Waals surface area contributed by atoms with E-state index < -0.39 is 12.0 Å². The molecular formula is C13H8ClF3N2O. The summed E-state index contributed by atoms with van der Waals surface area (Å²) in [6.07, 6.45) is -3.86. The van der Waals surface area contributed by atoms with E-state index in [2.05, 4.69) is 9.97 Å². The van der Waals surface area contributed by atoms with Crippen LogP contribution >= 0.6 is 11.6 Å². The molecule has 0 aliphatic rings. The fourth-order valence-corrected chi connectivity index (χ4v) is 2.21.